The maximum Gasteiger partial charge on any atom is 0.224 e. The molecular weight excluding hydrogens is 416 g/mol. The molecule has 2 amide bonds. The third kappa shape index (κ3) is 9.25. The van der Waals surface area contributed by atoms with Crippen LogP contribution in [0.5, 0.6) is 0 Å². The summed E-state index contributed by atoms with van der Waals surface area (Å²) in [6.07, 6.45) is 14.8. The van der Waals surface area contributed by atoms with E-state index < -0.39 is 6.04 Å². The van der Waals surface area contributed by atoms with Crippen LogP contribution in [0.15, 0.2) is 0 Å². The zero-order valence-corrected chi connectivity index (χ0v) is 20.4. The molecule has 0 aromatic carbocycles. The predicted octanol–water partition coefficient (Wildman–Crippen LogP) is 3.39. The molecule has 7 nitrogen and oxygen atoms in total. The van der Waals surface area contributed by atoms with Gasteiger partial charge in [0.1, 0.15) is 6.04 Å². The van der Waals surface area contributed by atoms with Crippen molar-refractivity contribution in [1.29, 1.82) is 5.26 Å². The molecule has 1 aliphatic heterocycles. The van der Waals surface area contributed by atoms with Gasteiger partial charge in [0.25, 0.3) is 0 Å². The Kier molecular flexibility index (Phi) is 11.5. The van der Waals surface area contributed by atoms with Gasteiger partial charge in [-0.05, 0) is 31.2 Å². The monoisotopic (exact) mass is 460 g/mol. The van der Waals surface area contributed by atoms with Gasteiger partial charge >= 0.3 is 0 Å². The quantitative estimate of drug-likeness (QED) is 0.461. The van der Waals surface area contributed by atoms with E-state index in [0.29, 0.717) is 38.8 Å². The highest BCUT2D eigenvalue weighted by Crippen LogP contribution is 2.31. The number of nitrogens with one attached hydrogen (secondary N) is 2. The van der Waals surface area contributed by atoms with E-state index in [9.17, 15) is 14.9 Å². The number of morpholine rings is 1. The topological polar surface area (TPSA) is 94.5 Å². The first-order chi connectivity index (χ1) is 16.2. The summed E-state index contributed by atoms with van der Waals surface area (Å²) in [5.74, 6) is 0.839. The molecule has 3 rings (SSSR count). The first-order valence-electron chi connectivity index (χ1n) is 13.4. The highest BCUT2D eigenvalue weighted by Gasteiger charge is 2.30. The van der Waals surface area contributed by atoms with Gasteiger partial charge in [-0.1, -0.05) is 64.2 Å². The minimum absolute atomic E-state index is 0.0355. The molecule has 2 unspecified atom stereocenters. The highest BCUT2D eigenvalue weighted by molar-refractivity contribution is 5.86. The van der Waals surface area contributed by atoms with Gasteiger partial charge in [0, 0.05) is 32.0 Å². The minimum atomic E-state index is -0.559. The van der Waals surface area contributed by atoms with Crippen molar-refractivity contribution in [2.75, 3.05) is 39.4 Å². The average molecular weight is 461 g/mol. The van der Waals surface area contributed by atoms with E-state index in [-0.39, 0.29) is 24.2 Å². The van der Waals surface area contributed by atoms with Gasteiger partial charge in [0.15, 0.2) is 0 Å². The number of hydrogen-bond donors (Lipinski definition) is 2. The maximum atomic E-state index is 13.2. The van der Waals surface area contributed by atoms with Crippen LogP contribution in [0.1, 0.15) is 83.5 Å². The van der Waals surface area contributed by atoms with Crippen molar-refractivity contribution in [3.8, 4) is 6.07 Å². The van der Waals surface area contributed by atoms with Gasteiger partial charge in [0.2, 0.25) is 11.8 Å². The van der Waals surface area contributed by atoms with Crippen LogP contribution in [0.2, 0.25) is 0 Å². The van der Waals surface area contributed by atoms with Crippen LogP contribution in [0.4, 0.5) is 0 Å². The Balaban J connectivity index is 1.48. The average Bonchev–Trinajstić information content (AvgIpc) is 2.87. The van der Waals surface area contributed by atoms with E-state index in [2.05, 4.69) is 16.7 Å². The van der Waals surface area contributed by atoms with Crippen molar-refractivity contribution in [3.63, 3.8) is 0 Å². The number of rotatable bonds is 11. The van der Waals surface area contributed by atoms with E-state index in [4.69, 9.17) is 4.74 Å². The fourth-order valence-electron chi connectivity index (χ4n) is 5.71. The molecule has 0 aromatic rings. The minimum Gasteiger partial charge on any atom is -0.378 e. The fraction of sp³-hybridized carbons (Fsp3) is 0.885. The SMILES string of the molecule is N#CC(CNCCC1CCCCC1)NC(=O)C(CC(=O)N1CCOCC1)CC1CCCCC1. The third-order valence-corrected chi connectivity index (χ3v) is 7.77. The second kappa shape index (κ2) is 14.6. The predicted molar refractivity (Wildman–Crippen MR) is 128 cm³/mol. The van der Waals surface area contributed by atoms with Crippen LogP contribution in [0.25, 0.3) is 0 Å². The number of carbonyl (C=O) groups excluding carboxylic acids is 2. The zero-order valence-electron chi connectivity index (χ0n) is 20.4. The van der Waals surface area contributed by atoms with Crippen molar-refractivity contribution in [3.05, 3.63) is 0 Å². The molecule has 3 fully saturated rings. The van der Waals surface area contributed by atoms with Crippen LogP contribution < -0.4 is 10.6 Å². The van der Waals surface area contributed by atoms with Gasteiger partial charge in [-0.3, -0.25) is 9.59 Å². The summed E-state index contributed by atoms with van der Waals surface area (Å²) in [5, 5.41) is 15.9. The van der Waals surface area contributed by atoms with Crippen LogP contribution in [0.3, 0.4) is 0 Å². The first kappa shape index (κ1) is 26.0. The molecule has 0 bridgehead atoms. The van der Waals surface area contributed by atoms with Gasteiger partial charge < -0.3 is 20.3 Å². The molecule has 2 atom stereocenters. The Morgan fingerprint density at radius 2 is 1.61 bits per heavy atom. The lowest BCUT2D eigenvalue weighted by Gasteiger charge is -2.30. The second-order valence-electron chi connectivity index (χ2n) is 10.3. The molecule has 186 valence electrons. The summed E-state index contributed by atoms with van der Waals surface area (Å²) in [4.78, 5) is 27.9. The van der Waals surface area contributed by atoms with E-state index >= 15 is 0 Å². The second-order valence-corrected chi connectivity index (χ2v) is 10.3. The van der Waals surface area contributed by atoms with Gasteiger partial charge in [-0.2, -0.15) is 5.26 Å². The van der Waals surface area contributed by atoms with Crippen LogP contribution in [-0.4, -0.2) is 62.1 Å². The van der Waals surface area contributed by atoms with E-state index in [0.717, 1.165) is 38.1 Å². The van der Waals surface area contributed by atoms with Crippen LogP contribution in [0, 0.1) is 29.1 Å². The van der Waals surface area contributed by atoms with Crippen molar-refractivity contribution >= 4 is 11.8 Å². The lowest BCUT2D eigenvalue weighted by molar-refractivity contribution is -0.140. The molecule has 0 radical (unpaired) electrons. The van der Waals surface area contributed by atoms with Crippen molar-refractivity contribution < 1.29 is 14.3 Å². The van der Waals surface area contributed by atoms with Gasteiger partial charge in [0.05, 0.1) is 19.3 Å². The van der Waals surface area contributed by atoms with Crippen LogP contribution in [-0.2, 0) is 14.3 Å². The number of carbonyl (C=O) groups is 2. The first-order valence-corrected chi connectivity index (χ1v) is 13.4. The van der Waals surface area contributed by atoms with E-state index in [1.807, 2.05) is 4.90 Å². The normalized spacial score (nSPS) is 22.3. The van der Waals surface area contributed by atoms with E-state index in [1.165, 1.54) is 51.4 Å². The third-order valence-electron chi connectivity index (χ3n) is 7.77. The number of amides is 2. The summed E-state index contributed by atoms with van der Waals surface area (Å²) >= 11 is 0. The number of ether oxygens (including phenoxy) is 1. The summed E-state index contributed by atoms with van der Waals surface area (Å²) < 4.78 is 5.36. The molecule has 2 saturated carbocycles. The number of nitriles is 1. The Labute approximate surface area is 200 Å². The molecule has 1 saturated heterocycles. The smallest absolute Gasteiger partial charge is 0.224 e. The molecule has 1 heterocycles. The highest BCUT2D eigenvalue weighted by atomic mass is 16.5. The van der Waals surface area contributed by atoms with Gasteiger partial charge in [-0.25, -0.2) is 0 Å². The standard InChI is InChI=1S/C26H44N4O3/c27-19-24(20-28-12-11-21-7-3-1-4-8-21)29-26(32)23(17-22-9-5-2-6-10-22)18-25(31)30-13-15-33-16-14-30/h21-24,28H,1-18,20H2,(H,29,32). The molecule has 33 heavy (non-hydrogen) atoms. The fourth-order valence-corrected chi connectivity index (χ4v) is 5.71. The lowest BCUT2D eigenvalue weighted by atomic mass is 9.81. The lowest BCUT2D eigenvalue weighted by Crippen LogP contribution is -2.46. The molecule has 0 spiro atoms. The number of hydrogen-bond acceptors (Lipinski definition) is 5. The Morgan fingerprint density at radius 1 is 0.970 bits per heavy atom. The zero-order chi connectivity index (χ0) is 23.3. The summed E-state index contributed by atoms with van der Waals surface area (Å²) in [7, 11) is 0. The van der Waals surface area contributed by atoms with Gasteiger partial charge in [-0.15, -0.1) is 0 Å². The van der Waals surface area contributed by atoms with Crippen molar-refractivity contribution in [2.24, 2.45) is 17.8 Å². The van der Waals surface area contributed by atoms with E-state index in [1.54, 1.807) is 0 Å². The Morgan fingerprint density at radius 3 is 2.24 bits per heavy atom. The van der Waals surface area contributed by atoms with Crippen molar-refractivity contribution in [2.45, 2.75) is 89.5 Å². The molecule has 2 N–H and O–H groups in total. The molecule has 7 heteroatoms. The summed E-state index contributed by atoms with van der Waals surface area (Å²) in [5.41, 5.74) is 0. The largest absolute Gasteiger partial charge is 0.378 e. The Hall–Kier alpha value is -1.65. The summed E-state index contributed by atoms with van der Waals surface area (Å²) in [6.45, 7) is 3.68. The van der Waals surface area contributed by atoms with Crippen LogP contribution >= 0.6 is 0 Å². The maximum absolute atomic E-state index is 13.2. The molecule has 2 aliphatic carbocycles. The molecule has 3 aliphatic rings. The summed E-state index contributed by atoms with van der Waals surface area (Å²) in [6, 6.07) is 1.68. The Bertz CT molecular complexity index is 632. The molecular formula is C26H44N4O3. The number of nitrogens with zero attached hydrogens (tertiary/aromatic N) is 2. The molecule has 0 aromatic heterocycles. The van der Waals surface area contributed by atoms with Crippen molar-refractivity contribution in [1.82, 2.24) is 15.5 Å².